The zero-order valence-corrected chi connectivity index (χ0v) is 14.3. The SMILES string of the molecule is C=CC(=O)N(CC)CCOc1c(N)ncnc1-c1cc(F)ccc1C. The first-order chi connectivity index (χ1) is 12.0. The second-order valence-corrected chi connectivity index (χ2v) is 5.37. The number of anilines is 1. The van der Waals surface area contributed by atoms with E-state index in [4.69, 9.17) is 10.5 Å². The lowest BCUT2D eigenvalue weighted by Gasteiger charge is -2.20. The summed E-state index contributed by atoms with van der Waals surface area (Å²) in [4.78, 5) is 21.4. The summed E-state index contributed by atoms with van der Waals surface area (Å²) in [6, 6.07) is 4.42. The van der Waals surface area contributed by atoms with E-state index < -0.39 is 0 Å². The lowest BCUT2D eigenvalue weighted by Crippen LogP contribution is -2.33. The molecule has 0 spiro atoms. The van der Waals surface area contributed by atoms with Crippen molar-refractivity contribution in [2.24, 2.45) is 0 Å². The lowest BCUT2D eigenvalue weighted by molar-refractivity contribution is -0.126. The molecular weight excluding hydrogens is 323 g/mol. The van der Waals surface area contributed by atoms with Crippen molar-refractivity contribution in [1.82, 2.24) is 14.9 Å². The summed E-state index contributed by atoms with van der Waals surface area (Å²) in [5.74, 6) is -0.118. The van der Waals surface area contributed by atoms with E-state index in [9.17, 15) is 9.18 Å². The van der Waals surface area contributed by atoms with Crippen molar-refractivity contribution in [2.75, 3.05) is 25.4 Å². The van der Waals surface area contributed by atoms with Crippen LogP contribution in [-0.2, 0) is 4.79 Å². The Morgan fingerprint density at radius 2 is 2.20 bits per heavy atom. The molecular formula is C18H21FN4O2. The first kappa shape index (κ1) is 18.4. The number of nitrogens with two attached hydrogens (primary N) is 1. The van der Waals surface area contributed by atoms with Gasteiger partial charge in [0.2, 0.25) is 5.91 Å². The van der Waals surface area contributed by atoms with Gasteiger partial charge in [-0.2, -0.15) is 0 Å². The summed E-state index contributed by atoms with van der Waals surface area (Å²) in [5, 5.41) is 0. The second kappa shape index (κ2) is 8.23. The number of likely N-dealkylation sites (N-methyl/N-ethyl adjacent to an activating group) is 1. The number of aryl methyl sites for hydroxylation is 1. The van der Waals surface area contributed by atoms with E-state index in [1.165, 1.54) is 24.5 Å². The average Bonchev–Trinajstić information content (AvgIpc) is 2.61. The number of amides is 1. The molecule has 1 aromatic carbocycles. The molecule has 25 heavy (non-hydrogen) atoms. The molecule has 132 valence electrons. The Balaban J connectivity index is 2.25. The number of carbonyl (C=O) groups is 1. The Morgan fingerprint density at radius 3 is 2.88 bits per heavy atom. The zero-order chi connectivity index (χ0) is 18.4. The highest BCUT2D eigenvalue weighted by atomic mass is 19.1. The average molecular weight is 344 g/mol. The standard InChI is InChI=1S/C18H21FN4O2/c1-4-15(24)23(5-2)8-9-25-17-16(21-11-22-18(17)20)14-10-13(19)7-6-12(14)3/h4,6-7,10-11H,1,5,8-9H2,2-3H3,(H2,20,21,22). The minimum absolute atomic E-state index is 0.159. The summed E-state index contributed by atoms with van der Waals surface area (Å²) in [7, 11) is 0. The summed E-state index contributed by atoms with van der Waals surface area (Å²) in [6.07, 6.45) is 2.56. The van der Waals surface area contributed by atoms with E-state index in [0.29, 0.717) is 24.3 Å². The largest absolute Gasteiger partial charge is 0.486 e. The first-order valence-corrected chi connectivity index (χ1v) is 7.89. The summed E-state index contributed by atoms with van der Waals surface area (Å²) in [5.41, 5.74) is 7.75. The number of hydrogen-bond donors (Lipinski definition) is 1. The number of aromatic nitrogens is 2. The van der Waals surface area contributed by atoms with Gasteiger partial charge in [0, 0.05) is 12.1 Å². The summed E-state index contributed by atoms with van der Waals surface area (Å²) < 4.78 is 19.4. The Labute approximate surface area is 146 Å². The summed E-state index contributed by atoms with van der Waals surface area (Å²) in [6.45, 7) is 8.28. The van der Waals surface area contributed by atoms with Crippen LogP contribution in [0.25, 0.3) is 11.3 Å². The van der Waals surface area contributed by atoms with Gasteiger partial charge < -0.3 is 15.4 Å². The van der Waals surface area contributed by atoms with Crippen LogP contribution in [0.3, 0.4) is 0 Å². The van der Waals surface area contributed by atoms with Gasteiger partial charge in [0.1, 0.15) is 24.4 Å². The molecule has 1 amide bonds. The van der Waals surface area contributed by atoms with E-state index in [2.05, 4.69) is 16.5 Å². The molecule has 0 aliphatic carbocycles. The topological polar surface area (TPSA) is 81.3 Å². The quantitative estimate of drug-likeness (QED) is 0.781. The normalized spacial score (nSPS) is 10.4. The molecule has 0 bridgehead atoms. The van der Waals surface area contributed by atoms with E-state index >= 15 is 0 Å². The Kier molecular flexibility index (Phi) is 6.05. The molecule has 6 nitrogen and oxygen atoms in total. The van der Waals surface area contributed by atoms with Crippen LogP contribution >= 0.6 is 0 Å². The van der Waals surface area contributed by atoms with Crippen molar-refractivity contribution in [3.8, 4) is 17.0 Å². The van der Waals surface area contributed by atoms with Crippen molar-refractivity contribution >= 4 is 11.7 Å². The fourth-order valence-corrected chi connectivity index (χ4v) is 2.38. The maximum absolute atomic E-state index is 13.6. The molecule has 0 unspecified atom stereocenters. The minimum atomic E-state index is -0.377. The molecule has 2 aromatic rings. The van der Waals surface area contributed by atoms with E-state index in [0.717, 1.165) is 5.56 Å². The third-order valence-electron chi connectivity index (χ3n) is 3.76. The number of nitrogen functional groups attached to an aromatic ring is 1. The molecule has 0 aliphatic rings. The van der Waals surface area contributed by atoms with Crippen LogP contribution < -0.4 is 10.5 Å². The van der Waals surface area contributed by atoms with Crippen LogP contribution in [0.2, 0.25) is 0 Å². The van der Waals surface area contributed by atoms with Gasteiger partial charge in [0.05, 0.1) is 6.54 Å². The maximum atomic E-state index is 13.6. The molecule has 0 atom stereocenters. The molecule has 1 heterocycles. The molecule has 7 heteroatoms. The van der Waals surface area contributed by atoms with Crippen molar-refractivity contribution in [3.05, 3.63) is 48.6 Å². The lowest BCUT2D eigenvalue weighted by atomic mass is 10.0. The van der Waals surface area contributed by atoms with E-state index in [1.54, 1.807) is 11.0 Å². The van der Waals surface area contributed by atoms with Crippen LogP contribution in [0, 0.1) is 12.7 Å². The first-order valence-electron chi connectivity index (χ1n) is 7.89. The second-order valence-electron chi connectivity index (χ2n) is 5.37. The van der Waals surface area contributed by atoms with Gasteiger partial charge >= 0.3 is 0 Å². The highest BCUT2D eigenvalue weighted by molar-refractivity contribution is 5.86. The third kappa shape index (κ3) is 4.32. The van der Waals surface area contributed by atoms with Gasteiger partial charge in [0.25, 0.3) is 0 Å². The monoisotopic (exact) mass is 344 g/mol. The van der Waals surface area contributed by atoms with Crippen molar-refractivity contribution < 1.29 is 13.9 Å². The molecule has 0 aliphatic heterocycles. The number of benzene rings is 1. The van der Waals surface area contributed by atoms with Crippen molar-refractivity contribution in [1.29, 1.82) is 0 Å². The van der Waals surface area contributed by atoms with Crippen LogP contribution in [0.5, 0.6) is 5.75 Å². The Bertz CT molecular complexity index is 780. The third-order valence-corrected chi connectivity index (χ3v) is 3.76. The zero-order valence-electron chi connectivity index (χ0n) is 14.3. The van der Waals surface area contributed by atoms with Crippen LogP contribution in [-0.4, -0.2) is 40.5 Å². The van der Waals surface area contributed by atoms with E-state index in [-0.39, 0.29) is 29.9 Å². The van der Waals surface area contributed by atoms with E-state index in [1.807, 2.05) is 13.8 Å². The number of carbonyl (C=O) groups excluding carboxylic acids is 1. The Hall–Kier alpha value is -2.96. The predicted molar refractivity (Wildman–Crippen MR) is 94.5 cm³/mol. The molecule has 1 aromatic heterocycles. The predicted octanol–water partition coefficient (Wildman–Crippen LogP) is 2.59. The molecule has 0 saturated carbocycles. The fraction of sp³-hybridized carbons (Fsp3) is 0.278. The van der Waals surface area contributed by atoms with Gasteiger partial charge in [-0.25, -0.2) is 14.4 Å². The molecule has 0 saturated heterocycles. The van der Waals surface area contributed by atoms with Crippen LogP contribution in [0.15, 0.2) is 37.2 Å². The summed E-state index contributed by atoms with van der Waals surface area (Å²) >= 11 is 0. The van der Waals surface area contributed by atoms with Gasteiger partial charge in [-0.05, 0) is 37.6 Å². The van der Waals surface area contributed by atoms with Crippen molar-refractivity contribution in [2.45, 2.75) is 13.8 Å². The highest BCUT2D eigenvalue weighted by Gasteiger charge is 2.16. The Morgan fingerprint density at radius 1 is 1.44 bits per heavy atom. The van der Waals surface area contributed by atoms with Gasteiger partial charge in [-0.3, -0.25) is 4.79 Å². The smallest absolute Gasteiger partial charge is 0.246 e. The highest BCUT2D eigenvalue weighted by Crippen LogP contribution is 2.33. The number of ether oxygens (including phenoxy) is 1. The number of hydrogen-bond acceptors (Lipinski definition) is 5. The van der Waals surface area contributed by atoms with Crippen LogP contribution in [0.4, 0.5) is 10.2 Å². The van der Waals surface area contributed by atoms with Gasteiger partial charge in [-0.15, -0.1) is 0 Å². The minimum Gasteiger partial charge on any atom is -0.486 e. The molecule has 2 N–H and O–H groups in total. The van der Waals surface area contributed by atoms with Crippen molar-refractivity contribution in [3.63, 3.8) is 0 Å². The van der Waals surface area contributed by atoms with Crippen LogP contribution in [0.1, 0.15) is 12.5 Å². The fourth-order valence-electron chi connectivity index (χ4n) is 2.38. The molecule has 0 radical (unpaired) electrons. The van der Waals surface area contributed by atoms with Gasteiger partial charge in [0.15, 0.2) is 11.6 Å². The number of halogens is 1. The number of rotatable bonds is 7. The maximum Gasteiger partial charge on any atom is 0.246 e. The molecule has 2 rings (SSSR count). The molecule has 0 fully saturated rings. The number of nitrogens with zero attached hydrogens (tertiary/aromatic N) is 3. The van der Waals surface area contributed by atoms with Gasteiger partial charge in [-0.1, -0.05) is 12.6 Å².